The predicted octanol–water partition coefficient (Wildman–Crippen LogP) is 2.80. The zero-order valence-electron chi connectivity index (χ0n) is 13.8. The number of pyridine rings is 1. The zero-order chi connectivity index (χ0) is 18.5. The molecule has 1 aromatic heterocycles. The number of hydrogen-bond acceptors (Lipinski definition) is 4. The Morgan fingerprint density at radius 3 is 2.69 bits per heavy atom. The molecule has 6 nitrogen and oxygen atoms in total. The first kappa shape index (κ1) is 17.0. The number of urea groups is 1. The number of benzene rings is 1. The number of aromatic nitrogens is 1. The minimum atomic E-state index is -1.23. The molecule has 2 aliphatic heterocycles. The van der Waals surface area contributed by atoms with Crippen LogP contribution in [0.1, 0.15) is 24.5 Å². The lowest BCUT2D eigenvalue weighted by Crippen LogP contribution is -2.55. The lowest BCUT2D eigenvalue weighted by Gasteiger charge is -2.43. The summed E-state index contributed by atoms with van der Waals surface area (Å²) in [5.74, 6) is -0.307. The Labute approximate surface area is 157 Å². The molecule has 2 unspecified atom stereocenters. The number of carbonyl (C=O) groups is 2. The van der Waals surface area contributed by atoms with E-state index in [1.807, 2.05) is 6.92 Å². The van der Waals surface area contributed by atoms with Crippen LogP contribution in [0.4, 0.5) is 9.18 Å². The monoisotopic (exact) mass is 419 g/mol. The zero-order valence-corrected chi connectivity index (χ0v) is 15.4. The maximum absolute atomic E-state index is 13.2. The molecule has 3 amide bonds. The first-order chi connectivity index (χ1) is 12.3. The van der Waals surface area contributed by atoms with Crippen molar-refractivity contribution in [2.45, 2.75) is 30.9 Å². The molecule has 3 heterocycles. The summed E-state index contributed by atoms with van der Waals surface area (Å²) in [6.07, 6.45) is 2.20. The largest absolute Gasteiger partial charge is 0.485 e. The second kappa shape index (κ2) is 5.77. The average Bonchev–Trinajstić information content (AvgIpc) is 2.84. The number of rotatable bonds is 2. The van der Waals surface area contributed by atoms with Gasteiger partial charge in [0.1, 0.15) is 21.8 Å². The highest BCUT2D eigenvalue weighted by atomic mass is 79.9. The molecular formula is C18H15BrFN3O3. The molecule has 0 aliphatic carbocycles. The van der Waals surface area contributed by atoms with Gasteiger partial charge in [-0.15, -0.1) is 0 Å². The van der Waals surface area contributed by atoms with E-state index >= 15 is 0 Å². The van der Waals surface area contributed by atoms with Crippen LogP contribution in [0.15, 0.2) is 41.1 Å². The fourth-order valence-electron chi connectivity index (χ4n) is 3.73. The van der Waals surface area contributed by atoms with E-state index in [-0.39, 0.29) is 12.2 Å². The van der Waals surface area contributed by atoms with Crippen LogP contribution in [0.25, 0.3) is 0 Å². The van der Waals surface area contributed by atoms with Crippen LogP contribution in [-0.4, -0.2) is 22.5 Å². The number of fused-ring (bicyclic) bond motifs is 2. The van der Waals surface area contributed by atoms with Crippen molar-refractivity contribution in [1.29, 1.82) is 0 Å². The van der Waals surface area contributed by atoms with Crippen LogP contribution in [0.3, 0.4) is 0 Å². The summed E-state index contributed by atoms with van der Waals surface area (Å²) in [6, 6.07) is 7.26. The van der Waals surface area contributed by atoms with E-state index in [0.29, 0.717) is 22.3 Å². The Bertz CT molecular complexity index is 920. The van der Waals surface area contributed by atoms with Gasteiger partial charge in [-0.25, -0.2) is 14.2 Å². The summed E-state index contributed by atoms with van der Waals surface area (Å²) in [4.78, 5) is 28.7. The number of nitrogens with one attached hydrogen (secondary N) is 2. The van der Waals surface area contributed by atoms with Gasteiger partial charge in [0.25, 0.3) is 5.91 Å². The Morgan fingerprint density at radius 1 is 1.31 bits per heavy atom. The molecule has 0 saturated carbocycles. The molecule has 2 aliphatic rings. The highest BCUT2D eigenvalue weighted by Gasteiger charge is 2.56. The molecule has 0 radical (unpaired) electrons. The van der Waals surface area contributed by atoms with Crippen molar-refractivity contribution in [2.24, 2.45) is 0 Å². The second-order valence-corrected chi connectivity index (χ2v) is 7.66. The Kier molecular flexibility index (Phi) is 3.76. The Hall–Kier alpha value is -2.48. The van der Waals surface area contributed by atoms with Gasteiger partial charge in [0.05, 0.1) is 6.20 Å². The Morgan fingerprint density at radius 2 is 2.04 bits per heavy atom. The van der Waals surface area contributed by atoms with Crippen molar-refractivity contribution in [3.8, 4) is 5.75 Å². The van der Waals surface area contributed by atoms with E-state index in [4.69, 9.17) is 4.74 Å². The quantitative estimate of drug-likeness (QED) is 0.579. The van der Waals surface area contributed by atoms with Gasteiger partial charge in [0, 0.05) is 18.4 Å². The minimum absolute atomic E-state index is 0.235. The summed E-state index contributed by atoms with van der Waals surface area (Å²) < 4.78 is 19.9. The van der Waals surface area contributed by atoms with Gasteiger partial charge in [-0.3, -0.25) is 10.1 Å². The molecule has 4 rings (SSSR count). The highest BCUT2D eigenvalue weighted by Crippen LogP contribution is 2.46. The number of imide groups is 1. The number of nitrogens with zero attached hydrogens (tertiary/aromatic N) is 1. The first-order valence-corrected chi connectivity index (χ1v) is 8.82. The number of amides is 3. The summed E-state index contributed by atoms with van der Waals surface area (Å²) in [6.45, 7) is 1.86. The van der Waals surface area contributed by atoms with Gasteiger partial charge in [-0.05, 0) is 46.6 Å². The molecule has 1 fully saturated rings. The van der Waals surface area contributed by atoms with Gasteiger partial charge in [0.2, 0.25) is 0 Å². The number of ether oxygens (including phenoxy) is 1. The van der Waals surface area contributed by atoms with Crippen LogP contribution in [0.5, 0.6) is 5.75 Å². The van der Waals surface area contributed by atoms with Crippen molar-refractivity contribution in [3.63, 3.8) is 0 Å². The molecule has 2 atom stereocenters. The molecule has 1 aromatic carbocycles. The number of hydrogen-bond donors (Lipinski definition) is 2. The van der Waals surface area contributed by atoms with E-state index < -0.39 is 23.1 Å². The van der Waals surface area contributed by atoms with E-state index in [9.17, 15) is 14.0 Å². The van der Waals surface area contributed by atoms with Crippen LogP contribution in [0.2, 0.25) is 0 Å². The van der Waals surface area contributed by atoms with Gasteiger partial charge < -0.3 is 10.1 Å². The van der Waals surface area contributed by atoms with E-state index in [0.717, 1.165) is 5.56 Å². The third-order valence-electron chi connectivity index (χ3n) is 4.72. The lowest BCUT2D eigenvalue weighted by atomic mass is 9.75. The topological polar surface area (TPSA) is 80.3 Å². The molecular weight excluding hydrogens is 405 g/mol. The second-order valence-electron chi connectivity index (χ2n) is 6.85. The van der Waals surface area contributed by atoms with Gasteiger partial charge in [0.15, 0.2) is 5.54 Å². The molecule has 1 spiro atoms. The van der Waals surface area contributed by atoms with E-state index in [2.05, 4.69) is 31.5 Å². The van der Waals surface area contributed by atoms with Crippen LogP contribution in [0, 0.1) is 5.82 Å². The number of halogens is 2. The maximum Gasteiger partial charge on any atom is 0.322 e. The number of carbonyl (C=O) groups excluding carboxylic acids is 2. The smallest absolute Gasteiger partial charge is 0.322 e. The van der Waals surface area contributed by atoms with Gasteiger partial charge in [-0.1, -0.05) is 12.1 Å². The van der Waals surface area contributed by atoms with E-state index in [1.54, 1.807) is 18.2 Å². The maximum atomic E-state index is 13.2. The van der Waals surface area contributed by atoms with E-state index in [1.165, 1.54) is 18.3 Å². The SMILES string of the molecule is CC1(Cc2ccc(F)cc2)CC2(NC(=O)NC2=O)c2cc(Br)ncc2O1. The molecule has 2 N–H and O–H groups in total. The van der Waals surface area contributed by atoms with Crippen molar-refractivity contribution in [1.82, 2.24) is 15.6 Å². The summed E-state index contributed by atoms with van der Waals surface area (Å²) in [7, 11) is 0. The summed E-state index contributed by atoms with van der Waals surface area (Å²) in [5.41, 5.74) is -0.609. The first-order valence-electron chi connectivity index (χ1n) is 8.03. The minimum Gasteiger partial charge on any atom is -0.485 e. The highest BCUT2D eigenvalue weighted by molar-refractivity contribution is 9.10. The molecule has 8 heteroatoms. The molecule has 26 heavy (non-hydrogen) atoms. The molecule has 1 saturated heterocycles. The summed E-state index contributed by atoms with van der Waals surface area (Å²) >= 11 is 3.30. The van der Waals surface area contributed by atoms with Crippen molar-refractivity contribution >= 4 is 27.9 Å². The van der Waals surface area contributed by atoms with Crippen molar-refractivity contribution < 1.29 is 18.7 Å². The normalized spacial score (nSPS) is 26.9. The summed E-state index contributed by atoms with van der Waals surface area (Å²) in [5, 5.41) is 5.08. The molecule has 2 aromatic rings. The lowest BCUT2D eigenvalue weighted by molar-refractivity contribution is -0.127. The van der Waals surface area contributed by atoms with Crippen LogP contribution < -0.4 is 15.4 Å². The van der Waals surface area contributed by atoms with Crippen LogP contribution in [-0.2, 0) is 16.8 Å². The Balaban J connectivity index is 1.78. The van der Waals surface area contributed by atoms with Crippen molar-refractivity contribution in [2.75, 3.05) is 0 Å². The average molecular weight is 420 g/mol. The third kappa shape index (κ3) is 2.74. The third-order valence-corrected chi connectivity index (χ3v) is 5.16. The standard InChI is InChI=1S/C18H15BrFN3O3/c1-17(7-10-2-4-11(20)5-3-10)9-18(15(24)22-16(25)23-18)12-6-14(19)21-8-13(12)26-17/h2-6,8H,7,9H2,1H3,(H2,22,23,24,25). The van der Waals surface area contributed by atoms with Crippen molar-refractivity contribution in [3.05, 3.63) is 58.1 Å². The molecule has 0 bridgehead atoms. The fourth-order valence-corrected chi connectivity index (χ4v) is 4.06. The van der Waals surface area contributed by atoms with Gasteiger partial charge in [-0.2, -0.15) is 0 Å². The van der Waals surface area contributed by atoms with Crippen LogP contribution >= 0.6 is 15.9 Å². The van der Waals surface area contributed by atoms with Gasteiger partial charge >= 0.3 is 6.03 Å². The fraction of sp³-hybridized carbons (Fsp3) is 0.278. The predicted molar refractivity (Wildman–Crippen MR) is 94.0 cm³/mol. The molecule has 134 valence electrons.